The van der Waals surface area contributed by atoms with Crippen LogP contribution in [0.25, 0.3) is 0 Å². The molecule has 0 spiro atoms. The molecule has 7 heteroatoms. The second kappa shape index (κ2) is 5.28. The molecule has 1 amide bonds. The molecule has 0 aromatic heterocycles. The van der Waals surface area contributed by atoms with E-state index < -0.39 is 27.3 Å². The van der Waals surface area contributed by atoms with Crippen molar-refractivity contribution in [3.05, 3.63) is 0 Å². The summed E-state index contributed by atoms with van der Waals surface area (Å²) in [5.74, 6) is -0.733. The van der Waals surface area contributed by atoms with Crippen LogP contribution in [-0.2, 0) is 19.6 Å². The van der Waals surface area contributed by atoms with Crippen LogP contribution in [0.3, 0.4) is 0 Å². The number of sulfonamides is 1. The van der Waals surface area contributed by atoms with Crippen molar-refractivity contribution in [2.24, 2.45) is 5.73 Å². The molecule has 0 fully saturated rings. The highest BCUT2D eigenvalue weighted by atomic mass is 32.2. The highest BCUT2D eigenvalue weighted by molar-refractivity contribution is 7.90. The van der Waals surface area contributed by atoms with E-state index in [1.54, 1.807) is 0 Å². The second-order valence-electron chi connectivity index (χ2n) is 3.02. The number of amides is 1. The monoisotopic (exact) mass is 224 g/mol. The molecule has 0 heterocycles. The molecule has 1 unspecified atom stereocenters. The molecule has 0 aliphatic carbocycles. The van der Waals surface area contributed by atoms with Crippen molar-refractivity contribution in [1.82, 2.24) is 4.72 Å². The lowest BCUT2D eigenvalue weighted by Crippen LogP contribution is -2.45. The Labute approximate surface area is 83.9 Å². The summed E-state index contributed by atoms with van der Waals surface area (Å²) in [6, 6.07) is 0. The van der Waals surface area contributed by atoms with Gasteiger partial charge in [-0.15, -0.1) is 0 Å². The van der Waals surface area contributed by atoms with Gasteiger partial charge in [-0.1, -0.05) is 0 Å². The van der Waals surface area contributed by atoms with Crippen LogP contribution in [0.15, 0.2) is 0 Å². The number of ether oxygens (including phenoxy) is 1. The number of carbonyl (C=O) groups is 1. The van der Waals surface area contributed by atoms with Gasteiger partial charge >= 0.3 is 0 Å². The molecule has 0 aromatic rings. The van der Waals surface area contributed by atoms with Crippen LogP contribution in [0.5, 0.6) is 0 Å². The molecule has 0 saturated heterocycles. The molecular formula is C7H16N2O4S. The van der Waals surface area contributed by atoms with Crippen LogP contribution in [0, 0.1) is 0 Å². The first kappa shape index (κ1) is 13.3. The molecule has 0 radical (unpaired) electrons. The van der Waals surface area contributed by atoms with Crippen molar-refractivity contribution in [3.63, 3.8) is 0 Å². The molecule has 0 aliphatic heterocycles. The first-order valence-corrected chi connectivity index (χ1v) is 5.68. The Balaban J connectivity index is 4.47. The lowest BCUT2D eigenvalue weighted by atomic mass is 10.3. The topological polar surface area (TPSA) is 98.5 Å². The van der Waals surface area contributed by atoms with E-state index >= 15 is 0 Å². The van der Waals surface area contributed by atoms with Crippen molar-refractivity contribution in [3.8, 4) is 0 Å². The number of hydrogen-bond acceptors (Lipinski definition) is 5. The maximum absolute atomic E-state index is 11.2. The molecule has 0 saturated carbocycles. The van der Waals surface area contributed by atoms with Gasteiger partial charge in [0.1, 0.15) is 6.10 Å². The van der Waals surface area contributed by atoms with Crippen LogP contribution in [0.1, 0.15) is 13.8 Å². The Morgan fingerprint density at radius 2 is 2.00 bits per heavy atom. The molecule has 0 aliphatic rings. The van der Waals surface area contributed by atoms with Gasteiger partial charge in [0.25, 0.3) is 5.91 Å². The van der Waals surface area contributed by atoms with Crippen molar-refractivity contribution >= 4 is 15.9 Å². The predicted octanol–water partition coefficient (Wildman–Crippen LogP) is -1.19. The van der Waals surface area contributed by atoms with Gasteiger partial charge in [-0.3, -0.25) is 9.52 Å². The average molecular weight is 224 g/mol. The highest BCUT2D eigenvalue weighted by Gasteiger charge is 2.24. The predicted molar refractivity (Wildman–Crippen MR) is 52.0 cm³/mol. The van der Waals surface area contributed by atoms with Crippen LogP contribution in [0.4, 0.5) is 0 Å². The minimum atomic E-state index is -3.60. The summed E-state index contributed by atoms with van der Waals surface area (Å²) in [6.07, 6.45) is -0.927. The van der Waals surface area contributed by atoms with Gasteiger partial charge in [-0.25, -0.2) is 8.42 Å². The van der Waals surface area contributed by atoms with Crippen molar-refractivity contribution in [1.29, 1.82) is 0 Å². The average Bonchev–Trinajstić information content (AvgIpc) is 2.05. The molecule has 84 valence electrons. The van der Waals surface area contributed by atoms with E-state index in [0.29, 0.717) is 0 Å². The first-order valence-electron chi connectivity index (χ1n) is 4.13. The Kier molecular flexibility index (Phi) is 5.03. The third kappa shape index (κ3) is 3.60. The number of hydrogen-bond donors (Lipinski definition) is 2. The minimum absolute atomic E-state index is 0.0596. The molecule has 0 rings (SSSR count). The van der Waals surface area contributed by atoms with Crippen molar-refractivity contribution in [2.75, 3.05) is 13.7 Å². The standard InChI is InChI=1S/C7H16N2O4S/c1-5(2)14(11,12)9-7(10)6(4-8)13-3/h5-6H,4,8H2,1-3H3,(H,9,10). The van der Waals surface area contributed by atoms with Gasteiger partial charge in [0.05, 0.1) is 5.25 Å². The lowest BCUT2D eigenvalue weighted by Gasteiger charge is -2.14. The zero-order chi connectivity index (χ0) is 11.4. The smallest absolute Gasteiger partial charge is 0.263 e. The Hall–Kier alpha value is -0.660. The summed E-state index contributed by atoms with van der Waals surface area (Å²) in [7, 11) is -2.31. The fourth-order valence-corrected chi connectivity index (χ4v) is 1.28. The van der Waals surface area contributed by atoms with Gasteiger partial charge in [0.2, 0.25) is 10.0 Å². The molecule has 0 bridgehead atoms. The number of nitrogens with one attached hydrogen (secondary N) is 1. The van der Waals surface area contributed by atoms with E-state index in [1.807, 2.05) is 4.72 Å². The van der Waals surface area contributed by atoms with Gasteiger partial charge in [0.15, 0.2) is 0 Å². The second-order valence-corrected chi connectivity index (χ2v) is 5.26. The van der Waals surface area contributed by atoms with Crippen molar-refractivity contribution < 1.29 is 17.9 Å². The lowest BCUT2D eigenvalue weighted by molar-refractivity contribution is -0.128. The number of carbonyl (C=O) groups excluding carboxylic acids is 1. The zero-order valence-electron chi connectivity index (χ0n) is 8.48. The molecule has 6 nitrogen and oxygen atoms in total. The largest absolute Gasteiger partial charge is 0.370 e. The van der Waals surface area contributed by atoms with Gasteiger partial charge in [-0.05, 0) is 13.8 Å². The van der Waals surface area contributed by atoms with E-state index in [4.69, 9.17) is 5.73 Å². The van der Waals surface area contributed by atoms with E-state index in [0.717, 1.165) is 0 Å². The van der Waals surface area contributed by atoms with E-state index in [-0.39, 0.29) is 6.54 Å². The summed E-state index contributed by atoms with van der Waals surface area (Å²) in [5.41, 5.74) is 5.20. The normalized spacial score (nSPS) is 14.1. The molecule has 14 heavy (non-hydrogen) atoms. The highest BCUT2D eigenvalue weighted by Crippen LogP contribution is 1.97. The first-order chi connectivity index (χ1) is 6.35. The fraction of sp³-hybridized carbons (Fsp3) is 0.857. The van der Waals surface area contributed by atoms with Crippen LogP contribution >= 0.6 is 0 Å². The number of nitrogens with two attached hydrogens (primary N) is 1. The van der Waals surface area contributed by atoms with Crippen LogP contribution < -0.4 is 10.5 Å². The zero-order valence-corrected chi connectivity index (χ0v) is 9.30. The summed E-state index contributed by atoms with van der Waals surface area (Å²) >= 11 is 0. The SMILES string of the molecule is COC(CN)C(=O)NS(=O)(=O)C(C)C. The third-order valence-electron chi connectivity index (χ3n) is 1.65. The Morgan fingerprint density at radius 1 is 1.50 bits per heavy atom. The summed E-state index contributed by atoms with van der Waals surface area (Å²) in [6.45, 7) is 2.88. The summed E-state index contributed by atoms with van der Waals surface area (Å²) in [5, 5.41) is -0.665. The van der Waals surface area contributed by atoms with Gasteiger partial charge < -0.3 is 10.5 Å². The fourth-order valence-electron chi connectivity index (χ4n) is 0.634. The third-order valence-corrected chi connectivity index (χ3v) is 3.38. The quantitative estimate of drug-likeness (QED) is 0.612. The van der Waals surface area contributed by atoms with Crippen LogP contribution in [0.2, 0.25) is 0 Å². The number of methoxy groups -OCH3 is 1. The minimum Gasteiger partial charge on any atom is -0.370 e. The maximum Gasteiger partial charge on any atom is 0.263 e. The molecular weight excluding hydrogens is 208 g/mol. The summed E-state index contributed by atoms with van der Waals surface area (Å²) in [4.78, 5) is 11.2. The number of rotatable bonds is 5. The van der Waals surface area contributed by atoms with Crippen LogP contribution in [-0.4, -0.2) is 39.3 Å². The molecule has 0 aromatic carbocycles. The Morgan fingerprint density at radius 3 is 2.29 bits per heavy atom. The van der Waals surface area contributed by atoms with Gasteiger partial charge in [-0.2, -0.15) is 0 Å². The van der Waals surface area contributed by atoms with E-state index in [1.165, 1.54) is 21.0 Å². The molecule has 1 atom stereocenters. The Bertz CT molecular complexity index is 282. The molecule has 3 N–H and O–H groups in total. The maximum atomic E-state index is 11.2. The van der Waals surface area contributed by atoms with E-state index in [9.17, 15) is 13.2 Å². The van der Waals surface area contributed by atoms with E-state index in [2.05, 4.69) is 4.74 Å². The van der Waals surface area contributed by atoms with Gasteiger partial charge in [0, 0.05) is 13.7 Å². The van der Waals surface area contributed by atoms with Crippen molar-refractivity contribution in [2.45, 2.75) is 25.2 Å². The summed E-state index contributed by atoms with van der Waals surface area (Å²) < 4.78 is 29.1.